The van der Waals surface area contributed by atoms with E-state index in [0.29, 0.717) is 0 Å². The number of quaternary nitrogens is 2. The topological polar surface area (TPSA) is 59.4 Å². The van der Waals surface area contributed by atoms with Gasteiger partial charge in [0.1, 0.15) is 26.2 Å². The number of anilines is 1. The molecule has 0 spiro atoms. The average Bonchev–Trinajstić information content (AvgIpc) is 2.66. The summed E-state index contributed by atoms with van der Waals surface area (Å²) in [5.74, 6) is 0.0307. The second-order valence-electron chi connectivity index (χ2n) is 7.39. The minimum atomic E-state index is -0.243. The van der Waals surface area contributed by atoms with Gasteiger partial charge in [0.05, 0.1) is 13.2 Å². The Morgan fingerprint density at radius 3 is 2.44 bits per heavy atom. The van der Waals surface area contributed by atoms with Gasteiger partial charge in [-0.25, -0.2) is 0 Å². The molecule has 0 unspecified atom stereocenters. The van der Waals surface area contributed by atoms with Crippen LogP contribution in [0.3, 0.4) is 0 Å². The van der Waals surface area contributed by atoms with Crippen LogP contribution >= 0.6 is 0 Å². The third-order valence-corrected chi connectivity index (χ3v) is 5.03. The summed E-state index contributed by atoms with van der Waals surface area (Å²) in [6.07, 6.45) is 0. The van der Waals surface area contributed by atoms with E-state index in [1.54, 1.807) is 4.90 Å². The smallest absolute Gasteiger partial charge is 0.287 e. The lowest BCUT2D eigenvalue weighted by atomic mass is 10.1. The van der Waals surface area contributed by atoms with Gasteiger partial charge in [0, 0.05) is 11.3 Å². The maximum atomic E-state index is 13.0. The van der Waals surface area contributed by atoms with Crippen LogP contribution in [0.15, 0.2) is 48.5 Å². The van der Waals surface area contributed by atoms with E-state index in [9.17, 15) is 4.79 Å². The molecule has 0 aromatic heterocycles. The Bertz CT molecular complexity index is 722. The molecule has 1 atom stereocenters. The van der Waals surface area contributed by atoms with Crippen molar-refractivity contribution in [2.24, 2.45) is 0 Å². The van der Waals surface area contributed by atoms with Gasteiger partial charge in [-0.05, 0) is 37.1 Å². The average molecular weight is 370 g/mol. The van der Waals surface area contributed by atoms with Crippen molar-refractivity contribution in [2.75, 3.05) is 44.7 Å². The molecular formula is C22H31N3O2+2. The number of nitrogens with two attached hydrogens (primary N) is 1. The third kappa shape index (κ3) is 5.89. The van der Waals surface area contributed by atoms with Gasteiger partial charge in [0.25, 0.3) is 5.91 Å². The number of morpholine rings is 1. The van der Waals surface area contributed by atoms with Gasteiger partial charge in [0.2, 0.25) is 0 Å². The first kappa shape index (κ1) is 19.5. The van der Waals surface area contributed by atoms with Gasteiger partial charge in [-0.1, -0.05) is 36.4 Å². The quantitative estimate of drug-likeness (QED) is 0.664. The minimum absolute atomic E-state index is 0.0307. The van der Waals surface area contributed by atoms with E-state index in [0.717, 1.165) is 61.8 Å². The molecule has 0 saturated carbocycles. The van der Waals surface area contributed by atoms with Crippen LogP contribution in [0, 0.1) is 13.8 Å². The van der Waals surface area contributed by atoms with Crippen LogP contribution in [-0.2, 0) is 9.53 Å². The molecule has 1 aliphatic heterocycles. The van der Waals surface area contributed by atoms with E-state index < -0.39 is 0 Å². The van der Waals surface area contributed by atoms with Gasteiger partial charge >= 0.3 is 0 Å². The first-order valence-corrected chi connectivity index (χ1v) is 9.80. The number of aryl methyl sites for hydroxylation is 2. The molecule has 5 nitrogen and oxygen atoms in total. The molecule has 1 fully saturated rings. The summed E-state index contributed by atoms with van der Waals surface area (Å²) in [5, 5.41) is 5.28. The fourth-order valence-corrected chi connectivity index (χ4v) is 3.69. The van der Waals surface area contributed by atoms with Crippen LogP contribution in [0.2, 0.25) is 0 Å². The molecule has 0 bridgehead atoms. The minimum Gasteiger partial charge on any atom is -0.370 e. The van der Waals surface area contributed by atoms with Crippen molar-refractivity contribution < 1.29 is 19.7 Å². The first-order valence-electron chi connectivity index (χ1n) is 9.80. The van der Waals surface area contributed by atoms with E-state index in [4.69, 9.17) is 4.74 Å². The summed E-state index contributed by atoms with van der Waals surface area (Å²) in [7, 11) is 0. The molecule has 1 amide bonds. The number of amides is 1. The number of benzene rings is 2. The summed E-state index contributed by atoms with van der Waals surface area (Å²) in [5.41, 5.74) is 4.21. The molecule has 1 aliphatic rings. The van der Waals surface area contributed by atoms with E-state index in [-0.39, 0.29) is 11.9 Å². The molecule has 144 valence electrons. The van der Waals surface area contributed by atoms with Crippen LogP contribution in [0.1, 0.15) is 22.7 Å². The van der Waals surface area contributed by atoms with Crippen LogP contribution in [0.4, 0.5) is 5.69 Å². The third-order valence-electron chi connectivity index (χ3n) is 5.03. The molecule has 0 radical (unpaired) electrons. The van der Waals surface area contributed by atoms with Crippen LogP contribution < -0.4 is 15.5 Å². The first-order chi connectivity index (χ1) is 13.1. The van der Waals surface area contributed by atoms with E-state index in [1.165, 1.54) is 0 Å². The molecule has 0 aliphatic carbocycles. The summed E-state index contributed by atoms with van der Waals surface area (Å²) in [6.45, 7) is 9.84. The number of carbonyl (C=O) groups is 1. The Hall–Kier alpha value is -2.21. The molecule has 1 saturated heterocycles. The molecule has 27 heavy (non-hydrogen) atoms. The highest BCUT2D eigenvalue weighted by atomic mass is 16.5. The van der Waals surface area contributed by atoms with Crippen molar-refractivity contribution in [3.05, 3.63) is 65.2 Å². The number of ether oxygens (including phenoxy) is 1. The van der Waals surface area contributed by atoms with Gasteiger partial charge < -0.3 is 20.3 Å². The zero-order valence-electron chi connectivity index (χ0n) is 16.3. The standard InChI is InChI=1S/C22H29N3O2/c1-17-14-18(2)16-20(15-17)24-22(26)21(19-6-4-3-5-7-19)23-8-9-25-10-12-27-13-11-25/h3-7,14-16,21,23H,8-13H2,1-2H3,(H,24,26)/p+2/t21-/m0/s1. The Balaban J connectivity index is 1.66. The molecule has 3 rings (SSSR count). The second-order valence-corrected chi connectivity index (χ2v) is 7.39. The van der Waals surface area contributed by atoms with Crippen LogP contribution in [0.5, 0.6) is 0 Å². The Morgan fingerprint density at radius 2 is 1.78 bits per heavy atom. The summed E-state index contributed by atoms with van der Waals surface area (Å²) >= 11 is 0. The lowest BCUT2D eigenvalue weighted by Gasteiger charge is -2.24. The number of nitrogens with one attached hydrogen (secondary N) is 2. The highest BCUT2D eigenvalue weighted by Gasteiger charge is 2.25. The van der Waals surface area contributed by atoms with Crippen LogP contribution in [0.25, 0.3) is 0 Å². The van der Waals surface area contributed by atoms with Gasteiger partial charge in [-0.2, -0.15) is 0 Å². The molecule has 4 N–H and O–H groups in total. The van der Waals surface area contributed by atoms with Crippen molar-refractivity contribution in [3.8, 4) is 0 Å². The van der Waals surface area contributed by atoms with Gasteiger partial charge in [0.15, 0.2) is 6.04 Å². The lowest BCUT2D eigenvalue weighted by molar-refractivity contribution is -0.921. The van der Waals surface area contributed by atoms with Crippen LogP contribution in [-0.4, -0.2) is 45.3 Å². The van der Waals surface area contributed by atoms with E-state index >= 15 is 0 Å². The highest BCUT2D eigenvalue weighted by Crippen LogP contribution is 2.16. The second kappa shape index (κ2) is 9.65. The molecular weight excluding hydrogens is 338 g/mol. The molecule has 2 aromatic carbocycles. The van der Waals surface area contributed by atoms with Gasteiger partial charge in [-0.3, -0.25) is 4.79 Å². The maximum absolute atomic E-state index is 13.0. The van der Waals surface area contributed by atoms with Crippen molar-refractivity contribution in [3.63, 3.8) is 0 Å². The number of hydrogen-bond acceptors (Lipinski definition) is 2. The Morgan fingerprint density at radius 1 is 1.11 bits per heavy atom. The monoisotopic (exact) mass is 369 g/mol. The predicted octanol–water partition coefficient (Wildman–Crippen LogP) is 0.462. The summed E-state index contributed by atoms with van der Waals surface area (Å²) in [4.78, 5) is 14.6. The van der Waals surface area contributed by atoms with Crippen molar-refractivity contribution in [1.29, 1.82) is 0 Å². The SMILES string of the molecule is Cc1cc(C)cc(NC(=O)[C@@H]([NH2+]CC[NH+]2CCOCC2)c2ccccc2)c1. The highest BCUT2D eigenvalue weighted by molar-refractivity contribution is 5.94. The Labute approximate surface area is 161 Å². The molecule has 1 heterocycles. The fraction of sp³-hybridized carbons (Fsp3) is 0.409. The normalized spacial score (nSPS) is 16.1. The number of rotatable bonds is 7. The largest absolute Gasteiger partial charge is 0.370 e. The molecule has 2 aromatic rings. The number of carbonyl (C=O) groups excluding carboxylic acids is 1. The van der Waals surface area contributed by atoms with E-state index in [1.807, 2.05) is 42.5 Å². The maximum Gasteiger partial charge on any atom is 0.287 e. The Kier molecular flexibility index (Phi) is 6.98. The number of hydrogen-bond donors (Lipinski definition) is 3. The zero-order chi connectivity index (χ0) is 19.1. The molecule has 5 heteroatoms. The van der Waals surface area contributed by atoms with Gasteiger partial charge in [-0.15, -0.1) is 0 Å². The summed E-state index contributed by atoms with van der Waals surface area (Å²) in [6, 6.07) is 15.9. The summed E-state index contributed by atoms with van der Waals surface area (Å²) < 4.78 is 5.43. The fourth-order valence-electron chi connectivity index (χ4n) is 3.69. The van der Waals surface area contributed by atoms with E-state index in [2.05, 4.69) is 30.5 Å². The lowest BCUT2D eigenvalue weighted by Crippen LogP contribution is -3.16. The van der Waals surface area contributed by atoms with Crippen molar-refractivity contribution in [2.45, 2.75) is 19.9 Å². The van der Waals surface area contributed by atoms with Crippen molar-refractivity contribution in [1.82, 2.24) is 0 Å². The zero-order valence-corrected chi connectivity index (χ0v) is 16.3. The predicted molar refractivity (Wildman–Crippen MR) is 107 cm³/mol. The van der Waals surface area contributed by atoms with Crippen molar-refractivity contribution >= 4 is 11.6 Å².